The maximum absolute atomic E-state index is 5.44. The molecule has 80 valence electrons. The standard InChI is InChI=1S/C11H20N2O/c1-2-9(1)12-10-3-5-13(7-10)11-4-6-14-8-11/h9-12H,1-8H2. The van der Waals surface area contributed by atoms with Crippen molar-refractivity contribution in [2.24, 2.45) is 0 Å². The fourth-order valence-electron chi connectivity index (χ4n) is 2.65. The van der Waals surface area contributed by atoms with Crippen molar-refractivity contribution in [1.82, 2.24) is 10.2 Å². The number of hydrogen-bond donors (Lipinski definition) is 1. The van der Waals surface area contributed by atoms with E-state index >= 15 is 0 Å². The van der Waals surface area contributed by atoms with Gasteiger partial charge in [0, 0.05) is 37.8 Å². The van der Waals surface area contributed by atoms with E-state index in [2.05, 4.69) is 10.2 Å². The Kier molecular flexibility index (Phi) is 2.48. The van der Waals surface area contributed by atoms with Crippen LogP contribution in [0, 0.1) is 0 Å². The minimum absolute atomic E-state index is 0.723. The van der Waals surface area contributed by atoms with E-state index in [4.69, 9.17) is 4.74 Å². The van der Waals surface area contributed by atoms with Crippen LogP contribution in [0.2, 0.25) is 0 Å². The van der Waals surface area contributed by atoms with Gasteiger partial charge in [-0.2, -0.15) is 0 Å². The van der Waals surface area contributed by atoms with Crippen molar-refractivity contribution in [2.75, 3.05) is 26.3 Å². The minimum atomic E-state index is 0.723. The van der Waals surface area contributed by atoms with E-state index in [9.17, 15) is 0 Å². The molecule has 3 rings (SSSR count). The van der Waals surface area contributed by atoms with Gasteiger partial charge in [-0.05, 0) is 25.7 Å². The zero-order valence-corrected chi connectivity index (χ0v) is 8.74. The van der Waals surface area contributed by atoms with Crippen LogP contribution in [0.5, 0.6) is 0 Å². The van der Waals surface area contributed by atoms with Crippen LogP contribution in [-0.2, 0) is 4.74 Å². The van der Waals surface area contributed by atoms with Crippen LogP contribution in [0.4, 0.5) is 0 Å². The molecule has 3 nitrogen and oxygen atoms in total. The van der Waals surface area contributed by atoms with Gasteiger partial charge in [0.1, 0.15) is 0 Å². The Morgan fingerprint density at radius 3 is 2.71 bits per heavy atom. The lowest BCUT2D eigenvalue weighted by Crippen LogP contribution is -2.38. The lowest BCUT2D eigenvalue weighted by Gasteiger charge is -2.22. The van der Waals surface area contributed by atoms with Gasteiger partial charge in [-0.3, -0.25) is 4.90 Å². The molecule has 2 aliphatic heterocycles. The Bertz CT molecular complexity index is 199. The summed E-state index contributed by atoms with van der Waals surface area (Å²) in [6.07, 6.45) is 5.40. The number of nitrogens with one attached hydrogen (secondary N) is 1. The number of rotatable bonds is 3. The van der Waals surface area contributed by atoms with Crippen LogP contribution in [0.1, 0.15) is 25.7 Å². The third-order valence-corrected chi connectivity index (χ3v) is 3.69. The van der Waals surface area contributed by atoms with Gasteiger partial charge in [-0.1, -0.05) is 0 Å². The molecule has 0 aromatic carbocycles. The molecule has 2 unspecified atom stereocenters. The van der Waals surface area contributed by atoms with Crippen molar-refractivity contribution < 1.29 is 4.74 Å². The molecule has 2 heterocycles. The highest BCUT2D eigenvalue weighted by Gasteiger charge is 2.33. The van der Waals surface area contributed by atoms with E-state index in [0.29, 0.717) is 0 Å². The fourth-order valence-corrected chi connectivity index (χ4v) is 2.65. The first kappa shape index (κ1) is 9.13. The molecule has 14 heavy (non-hydrogen) atoms. The molecular weight excluding hydrogens is 176 g/mol. The lowest BCUT2D eigenvalue weighted by atomic mass is 10.2. The zero-order chi connectivity index (χ0) is 9.38. The maximum Gasteiger partial charge on any atom is 0.0622 e. The Morgan fingerprint density at radius 2 is 2.00 bits per heavy atom. The van der Waals surface area contributed by atoms with Gasteiger partial charge in [-0.15, -0.1) is 0 Å². The third-order valence-electron chi connectivity index (χ3n) is 3.69. The molecule has 1 saturated carbocycles. The molecule has 1 aliphatic carbocycles. The van der Waals surface area contributed by atoms with Crippen LogP contribution >= 0.6 is 0 Å². The molecule has 3 heteroatoms. The molecule has 0 amide bonds. The molecule has 3 fully saturated rings. The van der Waals surface area contributed by atoms with Crippen molar-refractivity contribution in [3.8, 4) is 0 Å². The largest absolute Gasteiger partial charge is 0.380 e. The summed E-state index contributed by atoms with van der Waals surface area (Å²) < 4.78 is 5.44. The lowest BCUT2D eigenvalue weighted by molar-refractivity contribution is 0.157. The molecule has 2 saturated heterocycles. The average molecular weight is 196 g/mol. The van der Waals surface area contributed by atoms with Crippen molar-refractivity contribution in [1.29, 1.82) is 0 Å². The van der Waals surface area contributed by atoms with E-state index in [1.54, 1.807) is 0 Å². The molecule has 0 radical (unpaired) electrons. The maximum atomic E-state index is 5.44. The Morgan fingerprint density at radius 1 is 1.07 bits per heavy atom. The van der Waals surface area contributed by atoms with Gasteiger partial charge < -0.3 is 10.1 Å². The zero-order valence-electron chi connectivity index (χ0n) is 8.74. The van der Waals surface area contributed by atoms with Crippen molar-refractivity contribution in [3.05, 3.63) is 0 Å². The molecule has 0 bridgehead atoms. The predicted molar refractivity (Wildman–Crippen MR) is 55.4 cm³/mol. The highest BCUT2D eigenvalue weighted by molar-refractivity contribution is 4.91. The van der Waals surface area contributed by atoms with E-state index in [-0.39, 0.29) is 0 Å². The van der Waals surface area contributed by atoms with Crippen LogP contribution < -0.4 is 5.32 Å². The van der Waals surface area contributed by atoms with Gasteiger partial charge >= 0.3 is 0 Å². The predicted octanol–water partition coefficient (Wildman–Crippen LogP) is 0.602. The van der Waals surface area contributed by atoms with Gasteiger partial charge in [0.15, 0.2) is 0 Å². The Balaban J connectivity index is 1.47. The topological polar surface area (TPSA) is 24.5 Å². The van der Waals surface area contributed by atoms with Crippen molar-refractivity contribution in [2.45, 2.75) is 43.8 Å². The van der Waals surface area contributed by atoms with Crippen LogP contribution in [-0.4, -0.2) is 49.3 Å². The first-order chi connectivity index (χ1) is 6.92. The van der Waals surface area contributed by atoms with Crippen molar-refractivity contribution >= 4 is 0 Å². The Labute approximate surface area is 85.8 Å². The van der Waals surface area contributed by atoms with Gasteiger partial charge in [-0.25, -0.2) is 0 Å². The third kappa shape index (κ3) is 1.95. The molecule has 2 atom stereocenters. The first-order valence-electron chi connectivity index (χ1n) is 5.99. The van der Waals surface area contributed by atoms with E-state index in [1.165, 1.54) is 38.8 Å². The monoisotopic (exact) mass is 196 g/mol. The molecule has 0 aromatic rings. The second-order valence-corrected chi connectivity index (χ2v) is 4.94. The highest BCUT2D eigenvalue weighted by atomic mass is 16.5. The smallest absolute Gasteiger partial charge is 0.0622 e. The summed E-state index contributed by atoms with van der Waals surface area (Å²) in [5.41, 5.74) is 0. The number of ether oxygens (including phenoxy) is 1. The molecular formula is C11H20N2O. The molecule has 0 spiro atoms. The summed E-state index contributed by atoms with van der Waals surface area (Å²) in [5.74, 6) is 0. The molecule has 3 aliphatic rings. The molecule has 0 aromatic heterocycles. The number of hydrogen-bond acceptors (Lipinski definition) is 3. The second-order valence-electron chi connectivity index (χ2n) is 4.94. The normalized spacial score (nSPS) is 39.4. The SMILES string of the molecule is C1CC(N2CCC(NC3CC3)C2)CO1. The molecule has 1 N–H and O–H groups in total. The Hall–Kier alpha value is -0.120. The van der Waals surface area contributed by atoms with Gasteiger partial charge in [0.05, 0.1) is 6.61 Å². The van der Waals surface area contributed by atoms with Gasteiger partial charge in [0.2, 0.25) is 0 Å². The first-order valence-corrected chi connectivity index (χ1v) is 5.99. The number of likely N-dealkylation sites (tertiary alicyclic amines) is 1. The van der Waals surface area contributed by atoms with Crippen LogP contribution in [0.15, 0.2) is 0 Å². The fraction of sp³-hybridized carbons (Fsp3) is 1.00. The summed E-state index contributed by atoms with van der Waals surface area (Å²) in [5, 5.41) is 3.72. The van der Waals surface area contributed by atoms with Crippen LogP contribution in [0.25, 0.3) is 0 Å². The summed E-state index contributed by atoms with van der Waals surface area (Å²) >= 11 is 0. The van der Waals surface area contributed by atoms with Crippen LogP contribution in [0.3, 0.4) is 0 Å². The second kappa shape index (κ2) is 3.80. The highest BCUT2D eigenvalue weighted by Crippen LogP contribution is 2.24. The average Bonchev–Trinajstić information content (AvgIpc) is 2.71. The van der Waals surface area contributed by atoms with Crippen molar-refractivity contribution in [3.63, 3.8) is 0 Å². The number of nitrogens with zero attached hydrogens (tertiary/aromatic N) is 1. The summed E-state index contributed by atoms with van der Waals surface area (Å²) in [6, 6.07) is 2.35. The van der Waals surface area contributed by atoms with E-state index < -0.39 is 0 Å². The quantitative estimate of drug-likeness (QED) is 0.715. The van der Waals surface area contributed by atoms with E-state index in [0.717, 1.165) is 31.3 Å². The minimum Gasteiger partial charge on any atom is -0.380 e. The summed E-state index contributed by atoms with van der Waals surface area (Å²) in [7, 11) is 0. The summed E-state index contributed by atoms with van der Waals surface area (Å²) in [6.45, 7) is 4.47. The van der Waals surface area contributed by atoms with E-state index in [1.807, 2.05) is 0 Å². The summed E-state index contributed by atoms with van der Waals surface area (Å²) in [4.78, 5) is 2.62. The van der Waals surface area contributed by atoms with Gasteiger partial charge in [0.25, 0.3) is 0 Å².